The number of rotatable bonds is 7. The smallest absolute Gasteiger partial charge is 0.319 e. The summed E-state index contributed by atoms with van der Waals surface area (Å²) in [4.78, 5) is 22.7. The van der Waals surface area contributed by atoms with E-state index in [1.807, 2.05) is 43.4 Å². The van der Waals surface area contributed by atoms with Crippen LogP contribution in [0.3, 0.4) is 0 Å². The van der Waals surface area contributed by atoms with Crippen molar-refractivity contribution in [2.75, 3.05) is 6.61 Å². The summed E-state index contributed by atoms with van der Waals surface area (Å²) < 4.78 is 12.1. The average molecular weight is 458 g/mol. The Hall–Kier alpha value is -3.31. The maximum atomic E-state index is 11.9. The maximum Gasteiger partial charge on any atom is 0.319 e. The van der Waals surface area contributed by atoms with E-state index in [4.69, 9.17) is 15.2 Å². The highest BCUT2D eigenvalue weighted by Crippen LogP contribution is 2.35. The van der Waals surface area contributed by atoms with Crippen LogP contribution in [0.1, 0.15) is 23.6 Å². The second kappa shape index (κ2) is 10.3. The summed E-state index contributed by atoms with van der Waals surface area (Å²) in [6, 6.07) is 12.0. The number of urea groups is 1. The van der Waals surface area contributed by atoms with Gasteiger partial charge in [0.2, 0.25) is 0 Å². The van der Waals surface area contributed by atoms with E-state index in [9.17, 15) is 14.9 Å². The standard InChI is InChI=1S/C21H20BrN3O4/c1-3-28-18-9-15(8-16(11-23)20(26)25-21(24)27)17(22)10-19(18)29-12-14-6-4-13(2)5-7-14/h4-10H,3,12H2,1-2H3,(H3,24,25,26,27)/b16-8-. The molecular weight excluding hydrogens is 438 g/mol. The van der Waals surface area contributed by atoms with Crippen LogP contribution >= 0.6 is 15.9 Å². The van der Waals surface area contributed by atoms with Crippen LogP contribution in [0.25, 0.3) is 6.08 Å². The molecular formula is C21H20BrN3O4. The average Bonchev–Trinajstić information content (AvgIpc) is 2.67. The minimum Gasteiger partial charge on any atom is -0.490 e. The molecule has 0 fully saturated rings. The molecule has 0 saturated carbocycles. The lowest BCUT2D eigenvalue weighted by molar-refractivity contribution is -0.115. The molecule has 150 valence electrons. The molecule has 0 aliphatic heterocycles. The fourth-order valence-corrected chi connectivity index (χ4v) is 2.81. The van der Waals surface area contributed by atoms with Crippen LogP contribution in [-0.2, 0) is 11.4 Å². The van der Waals surface area contributed by atoms with Gasteiger partial charge in [0.1, 0.15) is 18.2 Å². The first-order valence-corrected chi connectivity index (χ1v) is 9.50. The Morgan fingerprint density at radius 1 is 1.21 bits per heavy atom. The number of primary amides is 1. The molecule has 0 saturated heterocycles. The number of nitrogens with zero attached hydrogens (tertiary/aromatic N) is 1. The van der Waals surface area contributed by atoms with E-state index < -0.39 is 11.9 Å². The van der Waals surface area contributed by atoms with Gasteiger partial charge in [0.05, 0.1) is 6.61 Å². The van der Waals surface area contributed by atoms with Crippen molar-refractivity contribution in [1.29, 1.82) is 5.26 Å². The number of hydrogen-bond donors (Lipinski definition) is 2. The Morgan fingerprint density at radius 3 is 2.45 bits per heavy atom. The first-order chi connectivity index (χ1) is 13.8. The van der Waals surface area contributed by atoms with Gasteiger partial charge in [-0.1, -0.05) is 45.8 Å². The van der Waals surface area contributed by atoms with Gasteiger partial charge in [-0.3, -0.25) is 10.1 Å². The number of benzene rings is 2. The topological polar surface area (TPSA) is 114 Å². The third-order valence-electron chi connectivity index (χ3n) is 3.78. The van der Waals surface area contributed by atoms with Gasteiger partial charge in [-0.15, -0.1) is 0 Å². The molecule has 8 heteroatoms. The molecule has 0 unspecified atom stereocenters. The Labute approximate surface area is 177 Å². The fourth-order valence-electron chi connectivity index (χ4n) is 2.37. The maximum absolute atomic E-state index is 11.9. The normalized spacial score (nSPS) is 10.8. The van der Waals surface area contributed by atoms with E-state index in [1.165, 1.54) is 6.08 Å². The lowest BCUT2D eigenvalue weighted by atomic mass is 10.1. The molecule has 3 N–H and O–H groups in total. The SMILES string of the molecule is CCOc1cc(/C=C(/C#N)C(=O)NC(N)=O)c(Br)cc1OCc1ccc(C)cc1. The number of ether oxygens (including phenoxy) is 2. The van der Waals surface area contributed by atoms with Crippen molar-refractivity contribution in [3.8, 4) is 17.6 Å². The first-order valence-electron chi connectivity index (χ1n) is 8.71. The summed E-state index contributed by atoms with van der Waals surface area (Å²) in [5, 5.41) is 11.1. The Bertz CT molecular complexity index is 979. The Kier molecular flexibility index (Phi) is 7.80. The second-order valence-corrected chi connectivity index (χ2v) is 6.87. The first kappa shape index (κ1) is 22.0. The number of carbonyl (C=O) groups excluding carboxylic acids is 2. The number of carbonyl (C=O) groups is 2. The second-order valence-electron chi connectivity index (χ2n) is 6.02. The molecule has 0 heterocycles. The molecule has 0 aliphatic carbocycles. The molecule has 2 aromatic rings. The zero-order valence-corrected chi connectivity index (χ0v) is 17.6. The van der Waals surface area contributed by atoms with Gasteiger partial charge < -0.3 is 15.2 Å². The number of aryl methyl sites for hydroxylation is 1. The van der Waals surface area contributed by atoms with Gasteiger partial charge in [0.15, 0.2) is 11.5 Å². The van der Waals surface area contributed by atoms with Gasteiger partial charge in [-0.05, 0) is 43.2 Å². The van der Waals surface area contributed by atoms with Crippen LogP contribution in [0.15, 0.2) is 46.4 Å². The molecule has 2 rings (SSSR count). The van der Waals surface area contributed by atoms with E-state index in [1.54, 1.807) is 18.2 Å². The van der Waals surface area contributed by atoms with Crippen molar-refractivity contribution in [1.82, 2.24) is 5.32 Å². The van der Waals surface area contributed by atoms with Crippen LogP contribution in [-0.4, -0.2) is 18.5 Å². The van der Waals surface area contributed by atoms with E-state index in [0.29, 0.717) is 34.7 Å². The molecule has 2 aromatic carbocycles. The highest BCUT2D eigenvalue weighted by atomic mass is 79.9. The number of hydrogen-bond acceptors (Lipinski definition) is 5. The van der Waals surface area contributed by atoms with Gasteiger partial charge in [-0.25, -0.2) is 4.79 Å². The van der Waals surface area contributed by atoms with E-state index in [0.717, 1.165) is 11.1 Å². The summed E-state index contributed by atoms with van der Waals surface area (Å²) in [7, 11) is 0. The van der Waals surface area contributed by atoms with Crippen LogP contribution in [0.5, 0.6) is 11.5 Å². The van der Waals surface area contributed by atoms with E-state index >= 15 is 0 Å². The van der Waals surface area contributed by atoms with Gasteiger partial charge in [-0.2, -0.15) is 5.26 Å². The van der Waals surface area contributed by atoms with Gasteiger partial charge >= 0.3 is 6.03 Å². The molecule has 29 heavy (non-hydrogen) atoms. The fraction of sp³-hybridized carbons (Fsp3) is 0.190. The van der Waals surface area contributed by atoms with E-state index in [-0.39, 0.29) is 5.57 Å². The number of nitrogens with two attached hydrogens (primary N) is 1. The third-order valence-corrected chi connectivity index (χ3v) is 4.47. The molecule has 0 aromatic heterocycles. The minimum atomic E-state index is -1.04. The largest absolute Gasteiger partial charge is 0.490 e. The van der Waals surface area contributed by atoms with Crippen LogP contribution < -0.4 is 20.5 Å². The molecule has 0 spiro atoms. The monoisotopic (exact) mass is 457 g/mol. The highest BCUT2D eigenvalue weighted by Gasteiger charge is 2.15. The zero-order valence-electron chi connectivity index (χ0n) is 16.0. The van der Waals surface area contributed by atoms with Gasteiger partial charge in [0.25, 0.3) is 5.91 Å². The van der Waals surface area contributed by atoms with Crippen LogP contribution in [0.2, 0.25) is 0 Å². The molecule has 0 aliphatic rings. The molecule has 3 amide bonds. The molecule has 7 nitrogen and oxygen atoms in total. The van der Waals surface area contributed by atoms with Crippen molar-refractivity contribution < 1.29 is 19.1 Å². The summed E-state index contributed by atoms with van der Waals surface area (Å²) in [6.45, 7) is 4.61. The predicted octanol–water partition coefficient (Wildman–Crippen LogP) is 3.84. The van der Waals surface area contributed by atoms with Crippen molar-refractivity contribution in [2.45, 2.75) is 20.5 Å². The van der Waals surface area contributed by atoms with Crippen molar-refractivity contribution in [2.24, 2.45) is 5.73 Å². The van der Waals surface area contributed by atoms with Crippen molar-refractivity contribution in [3.05, 3.63) is 63.1 Å². The number of halogens is 1. The Balaban J connectivity index is 2.31. The highest BCUT2D eigenvalue weighted by molar-refractivity contribution is 9.10. The van der Waals surface area contributed by atoms with Gasteiger partial charge in [0, 0.05) is 4.47 Å². The number of amides is 3. The van der Waals surface area contributed by atoms with E-state index in [2.05, 4.69) is 15.9 Å². The van der Waals surface area contributed by atoms with Crippen LogP contribution in [0, 0.1) is 18.3 Å². The summed E-state index contributed by atoms with van der Waals surface area (Å²) in [5.74, 6) is 0.0859. The quantitative estimate of drug-likeness (QED) is 0.484. The van der Waals surface area contributed by atoms with Crippen LogP contribution in [0.4, 0.5) is 4.79 Å². The van der Waals surface area contributed by atoms with Crippen molar-refractivity contribution in [3.63, 3.8) is 0 Å². The number of imide groups is 1. The van der Waals surface area contributed by atoms with Crippen molar-refractivity contribution >= 4 is 33.9 Å². The molecule has 0 bridgehead atoms. The summed E-state index contributed by atoms with van der Waals surface area (Å²) >= 11 is 3.41. The zero-order chi connectivity index (χ0) is 21.4. The lowest BCUT2D eigenvalue weighted by Gasteiger charge is -2.14. The minimum absolute atomic E-state index is 0.278. The summed E-state index contributed by atoms with van der Waals surface area (Å²) in [6.07, 6.45) is 1.33. The lowest BCUT2D eigenvalue weighted by Crippen LogP contribution is -2.35. The predicted molar refractivity (Wildman–Crippen MR) is 112 cm³/mol. The number of nitrogens with one attached hydrogen (secondary N) is 1. The molecule has 0 atom stereocenters. The number of nitriles is 1. The third kappa shape index (κ3) is 6.36. The Morgan fingerprint density at radius 2 is 1.86 bits per heavy atom. The molecule has 0 radical (unpaired) electrons. The summed E-state index contributed by atoms with van der Waals surface area (Å²) in [5.41, 5.74) is 7.33.